The smallest absolute Gasteiger partial charge is 0.0991 e. The number of benzene rings is 1. The molecule has 4 heteroatoms. The number of likely N-dealkylation sites (N-methyl/N-ethyl adjacent to an activating group) is 1. The van der Waals surface area contributed by atoms with Crippen LogP contribution < -0.4 is 4.90 Å². The van der Waals surface area contributed by atoms with E-state index in [0.717, 1.165) is 11.3 Å². The number of aliphatic hydroxyl groups is 1. The predicted octanol–water partition coefficient (Wildman–Crippen LogP) is 1.31. The van der Waals surface area contributed by atoms with Crippen LogP contribution in [0.5, 0.6) is 0 Å². The van der Waals surface area contributed by atoms with Gasteiger partial charge in [0.2, 0.25) is 0 Å². The molecule has 1 N–H and O–H groups in total. The van der Waals surface area contributed by atoms with Crippen molar-refractivity contribution in [2.45, 2.75) is 13.0 Å². The van der Waals surface area contributed by atoms with Crippen molar-refractivity contribution in [3.63, 3.8) is 0 Å². The number of hydrogen-bond donors (Lipinski definition) is 1. The van der Waals surface area contributed by atoms with E-state index in [1.54, 1.807) is 13.2 Å². The Morgan fingerprint density at radius 3 is 2.76 bits per heavy atom. The number of methoxy groups -OCH3 is 1. The van der Waals surface area contributed by atoms with Gasteiger partial charge in [-0.3, -0.25) is 0 Å². The van der Waals surface area contributed by atoms with Crippen LogP contribution in [0.2, 0.25) is 0 Å². The maximum absolute atomic E-state index is 9.65. The normalized spacial score (nSPS) is 11.9. The molecule has 0 aliphatic rings. The highest BCUT2D eigenvalue weighted by Crippen LogP contribution is 2.20. The Morgan fingerprint density at radius 2 is 2.24 bits per heavy atom. The summed E-state index contributed by atoms with van der Waals surface area (Å²) in [6.07, 6.45) is -0.514. The summed E-state index contributed by atoms with van der Waals surface area (Å²) in [5, 5.41) is 18.4. The quantitative estimate of drug-likeness (QED) is 0.834. The van der Waals surface area contributed by atoms with Crippen LogP contribution in [0.25, 0.3) is 0 Å². The van der Waals surface area contributed by atoms with Gasteiger partial charge in [-0.05, 0) is 30.7 Å². The monoisotopic (exact) mass is 234 g/mol. The van der Waals surface area contributed by atoms with Crippen LogP contribution in [0.1, 0.15) is 11.1 Å². The van der Waals surface area contributed by atoms with Crippen LogP contribution >= 0.6 is 0 Å². The first-order valence-corrected chi connectivity index (χ1v) is 5.47. The molecule has 0 aliphatic heterocycles. The van der Waals surface area contributed by atoms with Gasteiger partial charge in [0.25, 0.3) is 0 Å². The lowest BCUT2D eigenvalue weighted by Gasteiger charge is -2.24. The molecule has 1 rings (SSSR count). The Balaban J connectivity index is 2.76. The van der Waals surface area contributed by atoms with Crippen molar-refractivity contribution in [3.05, 3.63) is 29.3 Å². The van der Waals surface area contributed by atoms with Gasteiger partial charge in [-0.25, -0.2) is 0 Å². The lowest BCUT2D eigenvalue weighted by Crippen LogP contribution is -2.32. The fourth-order valence-electron chi connectivity index (χ4n) is 1.81. The Morgan fingerprint density at radius 1 is 1.53 bits per heavy atom. The number of rotatable bonds is 5. The summed E-state index contributed by atoms with van der Waals surface area (Å²) in [6, 6.07) is 7.62. The molecule has 0 radical (unpaired) electrons. The molecular formula is C13H18N2O2. The number of hydrogen-bond acceptors (Lipinski definition) is 4. The number of aliphatic hydroxyl groups excluding tert-OH is 1. The largest absolute Gasteiger partial charge is 0.389 e. The lowest BCUT2D eigenvalue weighted by atomic mass is 10.1. The number of ether oxygens (including phenoxy) is 1. The second-order valence-corrected chi connectivity index (χ2v) is 4.10. The summed E-state index contributed by atoms with van der Waals surface area (Å²) >= 11 is 0. The highest BCUT2D eigenvalue weighted by molar-refractivity contribution is 5.55. The molecule has 0 saturated heterocycles. The van der Waals surface area contributed by atoms with E-state index in [1.165, 1.54) is 0 Å². The fraction of sp³-hybridized carbons (Fsp3) is 0.462. The van der Waals surface area contributed by atoms with Crippen molar-refractivity contribution in [2.24, 2.45) is 0 Å². The fourth-order valence-corrected chi connectivity index (χ4v) is 1.81. The second kappa shape index (κ2) is 6.24. The van der Waals surface area contributed by atoms with Crippen LogP contribution in [-0.4, -0.2) is 38.5 Å². The molecular weight excluding hydrogens is 216 g/mol. The molecule has 0 bridgehead atoms. The highest BCUT2D eigenvalue weighted by Gasteiger charge is 2.10. The summed E-state index contributed by atoms with van der Waals surface area (Å²) < 4.78 is 4.89. The van der Waals surface area contributed by atoms with E-state index < -0.39 is 6.10 Å². The third-order valence-electron chi connectivity index (χ3n) is 2.58. The van der Waals surface area contributed by atoms with E-state index in [1.807, 2.05) is 31.0 Å². The summed E-state index contributed by atoms with van der Waals surface area (Å²) in [5.41, 5.74) is 2.69. The minimum Gasteiger partial charge on any atom is -0.389 e. The van der Waals surface area contributed by atoms with Crippen molar-refractivity contribution in [1.29, 1.82) is 5.26 Å². The molecule has 0 spiro atoms. The van der Waals surface area contributed by atoms with Crippen molar-refractivity contribution < 1.29 is 9.84 Å². The van der Waals surface area contributed by atoms with Gasteiger partial charge in [0, 0.05) is 26.4 Å². The molecule has 1 aromatic rings. The summed E-state index contributed by atoms with van der Waals surface area (Å²) in [6.45, 7) is 2.77. The number of nitriles is 1. The third kappa shape index (κ3) is 3.74. The zero-order valence-electron chi connectivity index (χ0n) is 10.5. The molecule has 1 unspecified atom stereocenters. The first-order valence-electron chi connectivity index (χ1n) is 5.47. The van der Waals surface area contributed by atoms with E-state index in [2.05, 4.69) is 6.07 Å². The zero-order valence-corrected chi connectivity index (χ0v) is 10.5. The Hall–Kier alpha value is -1.57. The average molecular weight is 234 g/mol. The molecule has 1 atom stereocenters. The third-order valence-corrected chi connectivity index (χ3v) is 2.58. The van der Waals surface area contributed by atoms with Crippen molar-refractivity contribution >= 4 is 5.69 Å². The molecule has 92 valence electrons. The van der Waals surface area contributed by atoms with Crippen LogP contribution in [0, 0.1) is 18.3 Å². The van der Waals surface area contributed by atoms with Gasteiger partial charge in [-0.2, -0.15) is 5.26 Å². The van der Waals surface area contributed by atoms with Gasteiger partial charge in [0.1, 0.15) is 0 Å². The Kier molecular flexibility index (Phi) is 4.95. The molecule has 4 nitrogen and oxygen atoms in total. The molecule has 0 aliphatic carbocycles. The van der Waals surface area contributed by atoms with Gasteiger partial charge < -0.3 is 14.7 Å². The van der Waals surface area contributed by atoms with E-state index in [0.29, 0.717) is 18.7 Å². The SMILES string of the molecule is COCC(O)CN(C)c1ccc(C#N)cc1C. The van der Waals surface area contributed by atoms with Crippen molar-refractivity contribution in [3.8, 4) is 6.07 Å². The van der Waals surface area contributed by atoms with Gasteiger partial charge in [0.05, 0.1) is 24.3 Å². The molecule has 0 fully saturated rings. The van der Waals surface area contributed by atoms with E-state index >= 15 is 0 Å². The van der Waals surface area contributed by atoms with Crippen LogP contribution in [0.15, 0.2) is 18.2 Å². The number of nitrogens with zero attached hydrogens (tertiary/aromatic N) is 2. The molecule has 0 amide bonds. The van der Waals surface area contributed by atoms with Crippen LogP contribution in [0.4, 0.5) is 5.69 Å². The summed E-state index contributed by atoms with van der Waals surface area (Å²) in [7, 11) is 3.48. The summed E-state index contributed by atoms with van der Waals surface area (Å²) in [4.78, 5) is 1.96. The zero-order chi connectivity index (χ0) is 12.8. The van der Waals surface area contributed by atoms with E-state index in [4.69, 9.17) is 10.00 Å². The minimum atomic E-state index is -0.514. The molecule has 0 saturated carbocycles. The van der Waals surface area contributed by atoms with E-state index in [9.17, 15) is 5.11 Å². The molecule has 0 aromatic heterocycles. The van der Waals surface area contributed by atoms with Crippen molar-refractivity contribution in [1.82, 2.24) is 0 Å². The number of aryl methyl sites for hydroxylation is 1. The van der Waals surface area contributed by atoms with Crippen molar-refractivity contribution in [2.75, 3.05) is 32.2 Å². The Bertz CT molecular complexity index is 412. The minimum absolute atomic E-state index is 0.319. The number of anilines is 1. The van der Waals surface area contributed by atoms with Gasteiger partial charge in [-0.15, -0.1) is 0 Å². The maximum Gasteiger partial charge on any atom is 0.0991 e. The first-order chi connectivity index (χ1) is 8.08. The second-order valence-electron chi connectivity index (χ2n) is 4.10. The van der Waals surface area contributed by atoms with Gasteiger partial charge in [0.15, 0.2) is 0 Å². The summed E-state index contributed by atoms with van der Waals surface area (Å²) in [5.74, 6) is 0. The predicted molar refractivity (Wildman–Crippen MR) is 67.0 cm³/mol. The van der Waals surface area contributed by atoms with Crippen LogP contribution in [-0.2, 0) is 4.74 Å². The topological polar surface area (TPSA) is 56.5 Å². The van der Waals surface area contributed by atoms with Gasteiger partial charge >= 0.3 is 0 Å². The maximum atomic E-state index is 9.65. The Labute approximate surface area is 102 Å². The molecule has 0 heterocycles. The van der Waals surface area contributed by atoms with Crippen LogP contribution in [0.3, 0.4) is 0 Å². The van der Waals surface area contributed by atoms with Gasteiger partial charge in [-0.1, -0.05) is 0 Å². The standard InChI is InChI=1S/C13H18N2O2/c1-10-6-11(7-14)4-5-13(10)15(2)8-12(16)9-17-3/h4-6,12,16H,8-9H2,1-3H3. The highest BCUT2D eigenvalue weighted by atomic mass is 16.5. The van der Waals surface area contributed by atoms with E-state index in [-0.39, 0.29) is 0 Å². The molecule has 1 aromatic carbocycles. The lowest BCUT2D eigenvalue weighted by molar-refractivity contribution is 0.0695. The molecule has 17 heavy (non-hydrogen) atoms. The average Bonchev–Trinajstić information content (AvgIpc) is 2.28. The first kappa shape index (κ1) is 13.5.